The van der Waals surface area contributed by atoms with Crippen LogP contribution in [0.15, 0.2) is 60.4 Å². The molecule has 0 bridgehead atoms. The average molecular weight is 368 g/mol. The molecule has 1 aliphatic heterocycles. The molecule has 1 aliphatic rings. The highest BCUT2D eigenvalue weighted by atomic mass is 19.1. The molecule has 0 saturated heterocycles. The molecule has 0 saturated carbocycles. The summed E-state index contributed by atoms with van der Waals surface area (Å²) in [6.07, 6.45) is 2.54. The van der Waals surface area contributed by atoms with E-state index in [1.807, 2.05) is 24.3 Å². The van der Waals surface area contributed by atoms with Crippen molar-refractivity contribution in [2.45, 2.75) is 25.4 Å². The molecular weight excluding hydrogens is 347 g/mol. The van der Waals surface area contributed by atoms with E-state index < -0.39 is 11.9 Å². The number of halogens is 1. The van der Waals surface area contributed by atoms with E-state index in [0.717, 1.165) is 16.8 Å². The molecule has 1 heterocycles. The molecule has 0 fully saturated rings. The third-order valence-electron chi connectivity index (χ3n) is 4.34. The molecule has 27 heavy (non-hydrogen) atoms. The van der Waals surface area contributed by atoms with Gasteiger partial charge in [-0.05, 0) is 42.2 Å². The molecule has 2 aromatic rings. The fourth-order valence-electron chi connectivity index (χ4n) is 2.84. The van der Waals surface area contributed by atoms with Crippen molar-refractivity contribution >= 4 is 17.5 Å². The van der Waals surface area contributed by atoms with Gasteiger partial charge in [-0.2, -0.15) is 0 Å². The Morgan fingerprint density at radius 2 is 1.96 bits per heavy atom. The van der Waals surface area contributed by atoms with Gasteiger partial charge in [-0.15, -0.1) is 0 Å². The number of para-hydroxylation sites is 1. The van der Waals surface area contributed by atoms with Crippen LogP contribution < -0.4 is 21.7 Å². The van der Waals surface area contributed by atoms with Crippen LogP contribution in [0.2, 0.25) is 0 Å². The van der Waals surface area contributed by atoms with Gasteiger partial charge >= 0.3 is 0 Å². The molecule has 1 atom stereocenters. The van der Waals surface area contributed by atoms with E-state index in [1.165, 1.54) is 18.3 Å². The Bertz CT molecular complexity index is 865. The predicted molar refractivity (Wildman–Crippen MR) is 101 cm³/mol. The molecule has 0 spiro atoms. The molecular formula is C20H21FN4O2. The van der Waals surface area contributed by atoms with Crippen LogP contribution in [0.3, 0.4) is 0 Å². The van der Waals surface area contributed by atoms with Crippen molar-refractivity contribution < 1.29 is 14.0 Å². The maximum Gasteiger partial charge on any atom is 0.269 e. The normalized spacial score (nSPS) is 16.7. The first-order valence-corrected chi connectivity index (χ1v) is 8.66. The van der Waals surface area contributed by atoms with Crippen molar-refractivity contribution in [2.75, 3.05) is 5.32 Å². The minimum Gasteiger partial charge on any atom is -0.393 e. The summed E-state index contributed by atoms with van der Waals surface area (Å²) in [7, 11) is 0. The number of carbonyl (C=O) groups excluding carboxylic acids is 2. The van der Waals surface area contributed by atoms with Crippen LogP contribution in [0.1, 0.15) is 17.5 Å². The van der Waals surface area contributed by atoms with Gasteiger partial charge in [0.15, 0.2) is 0 Å². The number of nitrogens with two attached hydrogens (primary N) is 1. The summed E-state index contributed by atoms with van der Waals surface area (Å²) >= 11 is 0. The Labute approximate surface area is 156 Å². The fraction of sp³-hybridized carbons (Fsp3) is 0.200. The standard InChI is InChI=1S/C20H21FN4O2/c21-15-8-5-13(6-9-15)11-23-12-16(22)19(26)25-18-10-7-14-3-1-2-4-17(14)24-20(18)27/h1-6,8-9,12,18,23H,7,10-11,22H2,(H,24,27)(H,25,26)/b16-12-/t18-/m0/s1. The van der Waals surface area contributed by atoms with Gasteiger partial charge in [0.1, 0.15) is 17.6 Å². The lowest BCUT2D eigenvalue weighted by Crippen LogP contribution is -2.45. The maximum absolute atomic E-state index is 12.9. The van der Waals surface area contributed by atoms with Crippen LogP contribution in [0.25, 0.3) is 0 Å². The Morgan fingerprint density at radius 3 is 2.74 bits per heavy atom. The van der Waals surface area contributed by atoms with E-state index >= 15 is 0 Å². The topological polar surface area (TPSA) is 96.2 Å². The van der Waals surface area contributed by atoms with Gasteiger partial charge in [0.25, 0.3) is 5.91 Å². The first kappa shape index (κ1) is 18.4. The first-order chi connectivity index (χ1) is 13.0. The summed E-state index contributed by atoms with van der Waals surface area (Å²) < 4.78 is 12.9. The second-order valence-electron chi connectivity index (χ2n) is 6.32. The minimum atomic E-state index is -0.658. The third-order valence-corrected chi connectivity index (χ3v) is 4.34. The van der Waals surface area contributed by atoms with Gasteiger partial charge in [-0.3, -0.25) is 9.59 Å². The van der Waals surface area contributed by atoms with E-state index in [4.69, 9.17) is 5.73 Å². The van der Waals surface area contributed by atoms with E-state index in [9.17, 15) is 14.0 Å². The molecule has 3 rings (SSSR count). The number of aryl methyl sites for hydroxylation is 1. The monoisotopic (exact) mass is 368 g/mol. The van der Waals surface area contributed by atoms with E-state index in [2.05, 4.69) is 16.0 Å². The third kappa shape index (κ3) is 4.84. The van der Waals surface area contributed by atoms with E-state index in [1.54, 1.807) is 12.1 Å². The van der Waals surface area contributed by atoms with Crippen molar-refractivity contribution in [3.05, 3.63) is 77.4 Å². The summed E-state index contributed by atoms with van der Waals surface area (Å²) in [5.41, 5.74) is 8.40. The number of rotatable bonds is 5. The zero-order valence-corrected chi connectivity index (χ0v) is 14.7. The van der Waals surface area contributed by atoms with Crippen molar-refractivity contribution in [1.82, 2.24) is 10.6 Å². The predicted octanol–water partition coefficient (Wildman–Crippen LogP) is 1.79. The van der Waals surface area contributed by atoms with Crippen LogP contribution in [0.4, 0.5) is 10.1 Å². The molecule has 6 nitrogen and oxygen atoms in total. The van der Waals surface area contributed by atoms with Gasteiger partial charge in [-0.1, -0.05) is 30.3 Å². The highest BCUT2D eigenvalue weighted by Gasteiger charge is 2.25. The number of carbonyl (C=O) groups is 2. The van der Waals surface area contributed by atoms with Gasteiger partial charge in [0.05, 0.1) is 0 Å². The van der Waals surface area contributed by atoms with Crippen LogP contribution in [0, 0.1) is 5.82 Å². The molecule has 7 heteroatoms. The van der Waals surface area contributed by atoms with Gasteiger partial charge in [0, 0.05) is 18.4 Å². The van der Waals surface area contributed by atoms with Crippen LogP contribution in [0.5, 0.6) is 0 Å². The minimum absolute atomic E-state index is 0.0355. The van der Waals surface area contributed by atoms with Crippen molar-refractivity contribution in [3.8, 4) is 0 Å². The Morgan fingerprint density at radius 1 is 1.22 bits per heavy atom. The largest absolute Gasteiger partial charge is 0.393 e. The number of amides is 2. The van der Waals surface area contributed by atoms with Crippen molar-refractivity contribution in [2.24, 2.45) is 5.73 Å². The molecule has 0 unspecified atom stereocenters. The van der Waals surface area contributed by atoms with Crippen molar-refractivity contribution in [3.63, 3.8) is 0 Å². The van der Waals surface area contributed by atoms with Crippen molar-refractivity contribution in [1.29, 1.82) is 0 Å². The lowest BCUT2D eigenvalue weighted by atomic mass is 10.1. The highest BCUT2D eigenvalue weighted by molar-refractivity contribution is 6.01. The first-order valence-electron chi connectivity index (χ1n) is 8.66. The molecule has 2 amide bonds. The maximum atomic E-state index is 12.9. The number of benzene rings is 2. The Kier molecular flexibility index (Phi) is 5.71. The molecule has 0 aliphatic carbocycles. The van der Waals surface area contributed by atoms with Gasteiger partial charge in [-0.25, -0.2) is 4.39 Å². The zero-order valence-electron chi connectivity index (χ0n) is 14.7. The summed E-state index contributed by atoms with van der Waals surface area (Å²) in [6.45, 7) is 0.396. The van der Waals surface area contributed by atoms with Gasteiger partial charge < -0.3 is 21.7 Å². The van der Waals surface area contributed by atoms with Crippen LogP contribution in [-0.2, 0) is 22.6 Å². The van der Waals surface area contributed by atoms with Crippen LogP contribution >= 0.6 is 0 Å². The quantitative estimate of drug-likeness (QED) is 0.605. The second-order valence-corrected chi connectivity index (χ2v) is 6.32. The summed E-state index contributed by atoms with van der Waals surface area (Å²) in [5, 5.41) is 8.40. The Hall–Kier alpha value is -3.35. The van der Waals surface area contributed by atoms with Gasteiger partial charge in [0.2, 0.25) is 5.91 Å². The SMILES string of the molecule is N/C(=C\NCc1ccc(F)cc1)C(=O)N[C@H]1CCc2ccccc2NC1=O. The number of hydrogen-bond acceptors (Lipinski definition) is 4. The second kappa shape index (κ2) is 8.35. The number of anilines is 1. The molecule has 2 aromatic carbocycles. The molecule has 140 valence electrons. The Balaban J connectivity index is 1.54. The zero-order chi connectivity index (χ0) is 19.2. The average Bonchev–Trinajstić information content (AvgIpc) is 2.82. The smallest absolute Gasteiger partial charge is 0.269 e. The summed E-state index contributed by atoms with van der Waals surface area (Å²) in [5.74, 6) is -1.09. The number of nitrogens with one attached hydrogen (secondary N) is 3. The molecule has 0 aromatic heterocycles. The fourth-order valence-corrected chi connectivity index (χ4v) is 2.84. The highest BCUT2D eigenvalue weighted by Crippen LogP contribution is 2.21. The molecule has 0 radical (unpaired) electrons. The summed E-state index contributed by atoms with van der Waals surface area (Å²) in [6, 6.07) is 12.9. The number of hydrogen-bond donors (Lipinski definition) is 4. The van der Waals surface area contributed by atoms with E-state index in [0.29, 0.717) is 19.4 Å². The lowest BCUT2D eigenvalue weighted by molar-refractivity contribution is -0.124. The summed E-state index contributed by atoms with van der Waals surface area (Å²) in [4.78, 5) is 24.6. The lowest BCUT2D eigenvalue weighted by Gasteiger charge is -2.15. The van der Waals surface area contributed by atoms with Crippen LogP contribution in [-0.4, -0.2) is 17.9 Å². The number of fused-ring (bicyclic) bond motifs is 1. The van der Waals surface area contributed by atoms with E-state index in [-0.39, 0.29) is 17.4 Å². The molecule has 5 N–H and O–H groups in total.